The minimum Gasteiger partial charge on any atom is -0.378 e. The number of aromatic nitrogens is 2. The minimum atomic E-state index is -4.08. The van der Waals surface area contributed by atoms with Gasteiger partial charge >= 0.3 is 0 Å². The van der Waals surface area contributed by atoms with Gasteiger partial charge < -0.3 is 9.64 Å². The van der Waals surface area contributed by atoms with E-state index in [-0.39, 0.29) is 16.1 Å². The average Bonchev–Trinajstić information content (AvgIpc) is 3.13. The SMILES string of the molecule is O=S(=O)(Nc1ccccc1F)c1ccc(N2CCOCC2)c2nonc12. The number of hydrogen-bond acceptors (Lipinski definition) is 7. The van der Waals surface area contributed by atoms with Crippen LogP contribution in [-0.4, -0.2) is 45.0 Å². The predicted molar refractivity (Wildman–Crippen MR) is 92.0 cm³/mol. The Bertz CT molecular complexity index is 1050. The molecule has 0 radical (unpaired) electrons. The lowest BCUT2D eigenvalue weighted by Gasteiger charge is -2.28. The molecule has 1 saturated heterocycles. The van der Waals surface area contributed by atoms with Crippen LogP contribution in [0.3, 0.4) is 0 Å². The monoisotopic (exact) mass is 378 g/mol. The highest BCUT2D eigenvalue weighted by molar-refractivity contribution is 7.93. The standard InChI is InChI=1S/C16H15FN4O4S/c17-11-3-1-2-4-12(11)20-26(22,23)14-6-5-13(15-16(14)19-25-18-15)21-7-9-24-10-8-21/h1-6,20H,7-10H2. The number of para-hydroxylation sites is 1. The number of fused-ring (bicyclic) bond motifs is 1. The molecule has 2 heterocycles. The molecule has 0 aliphatic carbocycles. The van der Waals surface area contributed by atoms with Gasteiger partial charge in [-0.1, -0.05) is 12.1 Å². The third-order valence-corrected chi connectivity index (χ3v) is 5.51. The van der Waals surface area contributed by atoms with Crippen molar-refractivity contribution in [3.05, 3.63) is 42.2 Å². The van der Waals surface area contributed by atoms with Gasteiger partial charge in [0.05, 0.1) is 24.6 Å². The maximum absolute atomic E-state index is 13.8. The molecule has 0 bridgehead atoms. The minimum absolute atomic E-state index is 0.0952. The van der Waals surface area contributed by atoms with Crippen LogP contribution in [0.1, 0.15) is 0 Å². The summed E-state index contributed by atoms with van der Waals surface area (Å²) in [5, 5.41) is 7.61. The van der Waals surface area contributed by atoms with Crippen LogP contribution in [-0.2, 0) is 14.8 Å². The Kier molecular flexibility index (Phi) is 4.21. The number of anilines is 2. The van der Waals surface area contributed by atoms with Gasteiger partial charge in [-0.05, 0) is 34.6 Å². The largest absolute Gasteiger partial charge is 0.378 e. The van der Waals surface area contributed by atoms with E-state index in [2.05, 4.69) is 15.0 Å². The van der Waals surface area contributed by atoms with Gasteiger partial charge in [-0.2, -0.15) is 0 Å². The van der Waals surface area contributed by atoms with Crippen molar-refractivity contribution in [2.24, 2.45) is 0 Å². The lowest BCUT2D eigenvalue weighted by Crippen LogP contribution is -2.36. The second-order valence-electron chi connectivity index (χ2n) is 5.73. The van der Waals surface area contributed by atoms with Crippen LogP contribution in [0, 0.1) is 5.82 Å². The third kappa shape index (κ3) is 2.97. The first-order valence-electron chi connectivity index (χ1n) is 7.91. The van der Waals surface area contributed by atoms with E-state index in [0.717, 1.165) is 5.69 Å². The molecule has 1 fully saturated rings. The molecule has 1 aromatic heterocycles. The normalized spacial score (nSPS) is 15.3. The molecule has 0 spiro atoms. The van der Waals surface area contributed by atoms with Gasteiger partial charge in [0.15, 0.2) is 11.0 Å². The number of halogens is 1. The van der Waals surface area contributed by atoms with E-state index in [1.165, 1.54) is 30.3 Å². The van der Waals surface area contributed by atoms with Crippen molar-refractivity contribution in [1.29, 1.82) is 0 Å². The average molecular weight is 378 g/mol. The topological polar surface area (TPSA) is 97.6 Å². The van der Waals surface area contributed by atoms with Crippen molar-refractivity contribution in [3.63, 3.8) is 0 Å². The fraction of sp³-hybridized carbons (Fsp3) is 0.250. The Morgan fingerprint density at radius 2 is 1.77 bits per heavy atom. The molecular formula is C16H15FN4O4S. The van der Waals surface area contributed by atoms with Crippen LogP contribution in [0.4, 0.5) is 15.8 Å². The quantitative estimate of drug-likeness (QED) is 0.741. The van der Waals surface area contributed by atoms with E-state index < -0.39 is 15.8 Å². The zero-order valence-corrected chi connectivity index (χ0v) is 14.4. The molecule has 26 heavy (non-hydrogen) atoms. The van der Waals surface area contributed by atoms with Crippen molar-refractivity contribution in [2.45, 2.75) is 4.90 Å². The van der Waals surface area contributed by atoms with Gasteiger partial charge in [-0.25, -0.2) is 17.4 Å². The van der Waals surface area contributed by atoms with Crippen LogP contribution in [0.5, 0.6) is 0 Å². The van der Waals surface area contributed by atoms with Gasteiger partial charge in [-0.15, -0.1) is 0 Å². The van der Waals surface area contributed by atoms with Crippen LogP contribution in [0.25, 0.3) is 11.0 Å². The Morgan fingerprint density at radius 1 is 1.04 bits per heavy atom. The number of nitrogens with zero attached hydrogens (tertiary/aromatic N) is 3. The van der Waals surface area contributed by atoms with Crippen molar-refractivity contribution in [2.75, 3.05) is 35.9 Å². The van der Waals surface area contributed by atoms with Crippen LogP contribution in [0.15, 0.2) is 45.9 Å². The van der Waals surface area contributed by atoms with Crippen molar-refractivity contribution in [3.8, 4) is 0 Å². The molecule has 8 nitrogen and oxygen atoms in total. The van der Waals surface area contributed by atoms with Gasteiger partial charge in [0.25, 0.3) is 10.0 Å². The van der Waals surface area contributed by atoms with E-state index >= 15 is 0 Å². The number of morpholine rings is 1. The first kappa shape index (κ1) is 16.7. The van der Waals surface area contributed by atoms with Gasteiger partial charge in [-0.3, -0.25) is 4.72 Å². The molecule has 0 atom stereocenters. The van der Waals surface area contributed by atoms with Crippen LogP contribution < -0.4 is 9.62 Å². The Hall–Kier alpha value is -2.72. The summed E-state index contributed by atoms with van der Waals surface area (Å²) >= 11 is 0. The lowest BCUT2D eigenvalue weighted by atomic mass is 10.2. The zero-order valence-electron chi connectivity index (χ0n) is 13.6. The van der Waals surface area contributed by atoms with Gasteiger partial charge in [0.1, 0.15) is 10.7 Å². The summed E-state index contributed by atoms with van der Waals surface area (Å²) in [4.78, 5) is 1.89. The molecule has 136 valence electrons. The van der Waals surface area contributed by atoms with Crippen LogP contribution >= 0.6 is 0 Å². The lowest BCUT2D eigenvalue weighted by molar-refractivity contribution is 0.123. The van der Waals surface area contributed by atoms with Gasteiger partial charge in [0, 0.05) is 13.1 Å². The number of rotatable bonds is 4. The predicted octanol–water partition coefficient (Wildman–Crippen LogP) is 2.00. The summed E-state index contributed by atoms with van der Waals surface area (Å²) in [6.07, 6.45) is 0. The van der Waals surface area contributed by atoms with E-state index in [0.29, 0.717) is 31.8 Å². The van der Waals surface area contributed by atoms with E-state index in [4.69, 9.17) is 9.37 Å². The third-order valence-electron chi connectivity index (χ3n) is 4.12. The second-order valence-corrected chi connectivity index (χ2v) is 7.38. The first-order valence-corrected chi connectivity index (χ1v) is 9.40. The van der Waals surface area contributed by atoms with Crippen molar-refractivity contribution in [1.82, 2.24) is 10.3 Å². The number of hydrogen-bond donors (Lipinski definition) is 1. The van der Waals surface area contributed by atoms with E-state index in [1.54, 1.807) is 6.07 Å². The van der Waals surface area contributed by atoms with E-state index in [1.807, 2.05) is 4.90 Å². The van der Waals surface area contributed by atoms with Crippen molar-refractivity contribution >= 4 is 32.4 Å². The highest BCUT2D eigenvalue weighted by Gasteiger charge is 2.25. The Balaban J connectivity index is 1.75. The fourth-order valence-corrected chi connectivity index (χ4v) is 4.05. The maximum Gasteiger partial charge on any atom is 0.264 e. The molecule has 0 amide bonds. The molecule has 0 unspecified atom stereocenters. The molecule has 2 aromatic carbocycles. The smallest absolute Gasteiger partial charge is 0.264 e. The Labute approximate surface area is 148 Å². The zero-order chi connectivity index (χ0) is 18.1. The molecule has 1 N–H and O–H groups in total. The molecule has 3 aromatic rings. The summed E-state index contributed by atoms with van der Waals surface area (Å²) in [6, 6.07) is 8.59. The molecule has 4 rings (SSSR count). The number of nitrogens with one attached hydrogen (secondary N) is 1. The van der Waals surface area contributed by atoms with Gasteiger partial charge in [0.2, 0.25) is 0 Å². The highest BCUT2D eigenvalue weighted by Crippen LogP contribution is 2.31. The molecule has 1 aliphatic rings. The highest BCUT2D eigenvalue weighted by atomic mass is 32.2. The number of sulfonamides is 1. The van der Waals surface area contributed by atoms with Crippen molar-refractivity contribution < 1.29 is 22.2 Å². The summed E-state index contributed by atoms with van der Waals surface area (Å²) in [5.74, 6) is -0.671. The summed E-state index contributed by atoms with van der Waals surface area (Å²) in [5.41, 5.74) is 1.00. The number of benzene rings is 2. The second kappa shape index (κ2) is 6.54. The summed E-state index contributed by atoms with van der Waals surface area (Å²) in [6.45, 7) is 2.45. The molecule has 10 heteroatoms. The summed E-state index contributed by atoms with van der Waals surface area (Å²) in [7, 11) is -4.08. The fourth-order valence-electron chi connectivity index (χ4n) is 2.85. The molecule has 1 aliphatic heterocycles. The van der Waals surface area contributed by atoms with Crippen LogP contribution in [0.2, 0.25) is 0 Å². The Morgan fingerprint density at radius 3 is 2.54 bits per heavy atom. The van der Waals surface area contributed by atoms with E-state index in [9.17, 15) is 12.8 Å². The summed E-state index contributed by atoms with van der Waals surface area (Å²) < 4.78 is 51.6. The molecule has 0 saturated carbocycles. The maximum atomic E-state index is 13.8. The first-order chi connectivity index (χ1) is 12.6. The molecular weight excluding hydrogens is 363 g/mol. The number of ether oxygens (including phenoxy) is 1.